The fourth-order valence-corrected chi connectivity index (χ4v) is 2.66. The van der Waals surface area contributed by atoms with Crippen LogP contribution in [0, 0.1) is 11.3 Å². The maximum atomic E-state index is 12.4. The number of pyridine rings is 1. The van der Waals surface area contributed by atoms with Gasteiger partial charge in [0.05, 0.1) is 24.8 Å². The first-order chi connectivity index (χ1) is 12.3. The number of nitriles is 1. The van der Waals surface area contributed by atoms with Gasteiger partial charge in [-0.15, -0.1) is 0 Å². The van der Waals surface area contributed by atoms with Gasteiger partial charge in [-0.25, -0.2) is 4.98 Å². The molecule has 0 aliphatic carbocycles. The third-order valence-corrected chi connectivity index (χ3v) is 4.07. The molecule has 6 heteroatoms. The fraction of sp³-hybridized carbons (Fsp3) is 0.316. The van der Waals surface area contributed by atoms with Crippen LogP contribution in [0.4, 0.5) is 0 Å². The molecule has 25 heavy (non-hydrogen) atoms. The Morgan fingerprint density at radius 1 is 1.32 bits per heavy atom. The van der Waals surface area contributed by atoms with Crippen molar-refractivity contribution in [3.63, 3.8) is 0 Å². The standard InChI is InChI=1S/C19H19N3O3/c20-10-16-7-6-15(11-21-16)19(23)22-17-8-9-24-13-18(17)25-12-14-4-2-1-3-5-14/h1-7,11,17-18H,8-9,12-13H2,(H,22,23)/t17-,18-/m1/s1. The second-order valence-corrected chi connectivity index (χ2v) is 5.82. The van der Waals surface area contributed by atoms with Gasteiger partial charge in [0.15, 0.2) is 0 Å². The van der Waals surface area contributed by atoms with E-state index in [9.17, 15) is 4.79 Å². The summed E-state index contributed by atoms with van der Waals surface area (Å²) in [6.07, 6.45) is 1.89. The van der Waals surface area contributed by atoms with Crippen LogP contribution in [0.5, 0.6) is 0 Å². The third-order valence-electron chi connectivity index (χ3n) is 4.07. The monoisotopic (exact) mass is 337 g/mol. The molecule has 2 aromatic rings. The molecular formula is C19H19N3O3. The van der Waals surface area contributed by atoms with Crippen LogP contribution in [-0.2, 0) is 16.1 Å². The van der Waals surface area contributed by atoms with E-state index in [-0.39, 0.29) is 23.7 Å². The van der Waals surface area contributed by atoms with Crippen molar-refractivity contribution in [3.05, 3.63) is 65.5 Å². The molecular weight excluding hydrogens is 318 g/mol. The van der Waals surface area contributed by atoms with Gasteiger partial charge in [0.1, 0.15) is 17.9 Å². The van der Waals surface area contributed by atoms with E-state index >= 15 is 0 Å². The highest BCUT2D eigenvalue weighted by atomic mass is 16.5. The molecule has 1 fully saturated rings. The SMILES string of the molecule is N#Cc1ccc(C(=O)N[C@@H]2CCOC[C@H]2OCc2ccccc2)cn1. The lowest BCUT2D eigenvalue weighted by Crippen LogP contribution is -2.50. The molecule has 0 saturated carbocycles. The van der Waals surface area contributed by atoms with Crippen molar-refractivity contribution in [2.24, 2.45) is 0 Å². The quantitative estimate of drug-likeness (QED) is 0.903. The number of carbonyl (C=O) groups is 1. The lowest BCUT2D eigenvalue weighted by molar-refractivity contribution is -0.0736. The minimum atomic E-state index is -0.225. The van der Waals surface area contributed by atoms with Crippen molar-refractivity contribution in [3.8, 4) is 6.07 Å². The van der Waals surface area contributed by atoms with Crippen LogP contribution in [0.15, 0.2) is 48.7 Å². The number of benzene rings is 1. The molecule has 1 aliphatic heterocycles. The average molecular weight is 337 g/mol. The Labute approximate surface area is 146 Å². The fourth-order valence-electron chi connectivity index (χ4n) is 2.66. The average Bonchev–Trinajstić information content (AvgIpc) is 2.68. The first-order valence-corrected chi connectivity index (χ1v) is 8.16. The molecule has 2 atom stereocenters. The molecule has 0 bridgehead atoms. The van der Waals surface area contributed by atoms with E-state index in [4.69, 9.17) is 14.7 Å². The zero-order valence-electron chi connectivity index (χ0n) is 13.7. The summed E-state index contributed by atoms with van der Waals surface area (Å²) in [6, 6.07) is 14.8. The predicted octanol–water partition coefficient (Wildman–Crippen LogP) is 2.06. The summed E-state index contributed by atoms with van der Waals surface area (Å²) in [7, 11) is 0. The summed E-state index contributed by atoms with van der Waals surface area (Å²) < 4.78 is 11.5. The highest BCUT2D eigenvalue weighted by molar-refractivity contribution is 5.94. The summed E-state index contributed by atoms with van der Waals surface area (Å²) in [5.41, 5.74) is 1.79. The van der Waals surface area contributed by atoms with Crippen molar-refractivity contribution in [2.45, 2.75) is 25.2 Å². The van der Waals surface area contributed by atoms with Crippen LogP contribution in [0.3, 0.4) is 0 Å². The molecule has 2 heterocycles. The second kappa shape index (κ2) is 8.38. The lowest BCUT2D eigenvalue weighted by atomic mass is 10.1. The van der Waals surface area contributed by atoms with Gasteiger partial charge in [-0.05, 0) is 24.1 Å². The van der Waals surface area contributed by atoms with E-state index in [0.29, 0.717) is 31.8 Å². The van der Waals surface area contributed by atoms with Crippen LogP contribution in [0.1, 0.15) is 28.0 Å². The number of hydrogen-bond acceptors (Lipinski definition) is 5. The molecule has 128 valence electrons. The smallest absolute Gasteiger partial charge is 0.253 e. The predicted molar refractivity (Wildman–Crippen MR) is 90.7 cm³/mol. The number of carbonyl (C=O) groups excluding carboxylic acids is 1. The maximum Gasteiger partial charge on any atom is 0.253 e. The first-order valence-electron chi connectivity index (χ1n) is 8.16. The molecule has 1 saturated heterocycles. The molecule has 1 aromatic heterocycles. The van der Waals surface area contributed by atoms with Crippen molar-refractivity contribution in [2.75, 3.05) is 13.2 Å². The zero-order chi connectivity index (χ0) is 17.5. The summed E-state index contributed by atoms with van der Waals surface area (Å²) in [5.74, 6) is -0.225. The molecule has 6 nitrogen and oxygen atoms in total. The van der Waals surface area contributed by atoms with Gasteiger partial charge in [0.25, 0.3) is 5.91 Å². The van der Waals surface area contributed by atoms with Crippen LogP contribution >= 0.6 is 0 Å². The minimum absolute atomic E-state index is 0.124. The number of aromatic nitrogens is 1. The molecule has 1 aromatic carbocycles. The maximum absolute atomic E-state index is 12.4. The van der Waals surface area contributed by atoms with E-state index in [1.807, 2.05) is 36.4 Å². The van der Waals surface area contributed by atoms with E-state index in [0.717, 1.165) is 5.56 Å². The highest BCUT2D eigenvalue weighted by Gasteiger charge is 2.28. The van der Waals surface area contributed by atoms with Crippen LogP contribution in [-0.4, -0.2) is 36.3 Å². The molecule has 0 radical (unpaired) electrons. The molecule has 3 rings (SSSR count). The molecule has 0 spiro atoms. The molecule has 1 amide bonds. The van der Waals surface area contributed by atoms with Gasteiger partial charge in [-0.2, -0.15) is 5.26 Å². The van der Waals surface area contributed by atoms with Crippen molar-refractivity contribution < 1.29 is 14.3 Å². The summed E-state index contributed by atoms with van der Waals surface area (Å²) in [5, 5.41) is 11.8. The Kier molecular flexibility index (Phi) is 5.73. The summed E-state index contributed by atoms with van der Waals surface area (Å²) in [6.45, 7) is 1.50. The summed E-state index contributed by atoms with van der Waals surface area (Å²) in [4.78, 5) is 16.3. The molecule has 0 unspecified atom stereocenters. The van der Waals surface area contributed by atoms with Gasteiger partial charge in [0.2, 0.25) is 0 Å². The number of nitrogens with one attached hydrogen (secondary N) is 1. The molecule has 1 aliphatic rings. The minimum Gasteiger partial charge on any atom is -0.379 e. The largest absolute Gasteiger partial charge is 0.379 e. The number of hydrogen-bond donors (Lipinski definition) is 1. The second-order valence-electron chi connectivity index (χ2n) is 5.82. The van der Waals surface area contributed by atoms with Gasteiger partial charge >= 0.3 is 0 Å². The lowest BCUT2D eigenvalue weighted by Gasteiger charge is -2.32. The van der Waals surface area contributed by atoms with E-state index in [2.05, 4.69) is 10.3 Å². The number of rotatable bonds is 5. The van der Waals surface area contributed by atoms with Gasteiger partial charge < -0.3 is 14.8 Å². The Balaban J connectivity index is 1.60. The Morgan fingerprint density at radius 3 is 2.88 bits per heavy atom. The van der Waals surface area contributed by atoms with Crippen molar-refractivity contribution in [1.82, 2.24) is 10.3 Å². The Morgan fingerprint density at radius 2 is 2.16 bits per heavy atom. The van der Waals surface area contributed by atoms with E-state index in [1.54, 1.807) is 6.07 Å². The number of ether oxygens (including phenoxy) is 2. The Hall–Kier alpha value is -2.75. The Bertz CT molecular complexity index is 741. The first kappa shape index (κ1) is 17.1. The number of amides is 1. The normalized spacial score (nSPS) is 19.8. The van der Waals surface area contributed by atoms with Crippen LogP contribution in [0.2, 0.25) is 0 Å². The zero-order valence-corrected chi connectivity index (χ0v) is 13.7. The highest BCUT2D eigenvalue weighted by Crippen LogP contribution is 2.15. The number of nitrogens with zero attached hydrogens (tertiary/aromatic N) is 2. The van der Waals surface area contributed by atoms with Crippen LogP contribution in [0.25, 0.3) is 0 Å². The topological polar surface area (TPSA) is 84.2 Å². The molecule has 1 N–H and O–H groups in total. The van der Waals surface area contributed by atoms with Crippen LogP contribution < -0.4 is 5.32 Å². The van der Waals surface area contributed by atoms with Gasteiger partial charge in [-0.1, -0.05) is 30.3 Å². The van der Waals surface area contributed by atoms with Gasteiger partial charge in [0, 0.05) is 12.8 Å². The van der Waals surface area contributed by atoms with E-state index in [1.165, 1.54) is 12.3 Å². The van der Waals surface area contributed by atoms with Gasteiger partial charge in [-0.3, -0.25) is 4.79 Å². The van der Waals surface area contributed by atoms with E-state index < -0.39 is 0 Å². The summed E-state index contributed by atoms with van der Waals surface area (Å²) >= 11 is 0. The third kappa shape index (κ3) is 4.63. The van der Waals surface area contributed by atoms with Crippen molar-refractivity contribution in [1.29, 1.82) is 5.26 Å². The van der Waals surface area contributed by atoms with Crippen molar-refractivity contribution >= 4 is 5.91 Å².